The first-order valence-electron chi connectivity index (χ1n) is 7.61. The monoisotopic (exact) mass is 315 g/mol. The van der Waals surface area contributed by atoms with Crippen molar-refractivity contribution in [3.63, 3.8) is 0 Å². The minimum Gasteiger partial charge on any atom is -0.353 e. The number of carbonyl (C=O) groups excluding carboxylic acids is 1. The molecule has 4 rings (SSSR count). The number of hydrogen-bond acceptors (Lipinski definition) is 5. The molecular formula is C18H13N5O. The van der Waals surface area contributed by atoms with E-state index in [-0.39, 0.29) is 5.91 Å². The molecule has 116 valence electrons. The minimum absolute atomic E-state index is 0.160. The van der Waals surface area contributed by atoms with Crippen molar-refractivity contribution in [2.45, 2.75) is 5.41 Å². The first kappa shape index (κ1) is 14.2. The van der Waals surface area contributed by atoms with Crippen molar-refractivity contribution in [3.05, 3.63) is 53.7 Å². The van der Waals surface area contributed by atoms with Gasteiger partial charge in [-0.05, 0) is 23.8 Å². The number of pyridine rings is 1. The third-order valence-electron chi connectivity index (χ3n) is 4.86. The van der Waals surface area contributed by atoms with Crippen LogP contribution >= 0.6 is 0 Å². The molecular weight excluding hydrogens is 302 g/mol. The van der Waals surface area contributed by atoms with E-state index in [4.69, 9.17) is 0 Å². The van der Waals surface area contributed by atoms with Gasteiger partial charge in [0.2, 0.25) is 5.91 Å². The summed E-state index contributed by atoms with van der Waals surface area (Å²) in [5.41, 5.74) is 1.12. The van der Waals surface area contributed by atoms with Gasteiger partial charge in [-0.1, -0.05) is 18.2 Å². The predicted octanol–water partition coefficient (Wildman–Crippen LogP) is 1.80. The zero-order chi connectivity index (χ0) is 16.7. The summed E-state index contributed by atoms with van der Waals surface area (Å²) in [6.45, 7) is 0.698. The number of nitrogens with one attached hydrogen (secondary N) is 1. The van der Waals surface area contributed by atoms with Crippen LogP contribution in [0.2, 0.25) is 0 Å². The number of aromatic nitrogens is 1. The lowest BCUT2D eigenvalue weighted by molar-refractivity contribution is -0.120. The Morgan fingerprint density at radius 3 is 2.88 bits per heavy atom. The Bertz CT molecular complexity index is 925. The molecule has 2 aliphatic rings. The van der Waals surface area contributed by atoms with Crippen LogP contribution in [0.4, 0.5) is 11.5 Å². The quantitative estimate of drug-likeness (QED) is 0.866. The molecule has 1 spiro atoms. The van der Waals surface area contributed by atoms with Crippen molar-refractivity contribution in [2.75, 3.05) is 23.3 Å². The molecule has 1 aromatic carbocycles. The van der Waals surface area contributed by atoms with Gasteiger partial charge in [0.15, 0.2) is 0 Å². The van der Waals surface area contributed by atoms with E-state index in [1.54, 1.807) is 18.3 Å². The Kier molecular flexibility index (Phi) is 3.01. The highest BCUT2D eigenvalue weighted by Gasteiger charge is 2.58. The summed E-state index contributed by atoms with van der Waals surface area (Å²) in [5, 5.41) is 21.9. The van der Waals surface area contributed by atoms with Gasteiger partial charge >= 0.3 is 0 Å². The maximum atomic E-state index is 12.8. The second-order valence-corrected chi connectivity index (χ2v) is 6.02. The maximum Gasteiger partial charge on any atom is 0.238 e. The molecule has 0 aliphatic carbocycles. The van der Waals surface area contributed by atoms with E-state index in [9.17, 15) is 15.3 Å². The Morgan fingerprint density at radius 1 is 1.25 bits per heavy atom. The second kappa shape index (κ2) is 5.07. The SMILES string of the molecule is N#Cc1cccnc1N1C[C@@H](C#N)[C@@]2(C1)C(=O)Nc1ccccc12. The summed E-state index contributed by atoms with van der Waals surface area (Å²) in [4.78, 5) is 18.9. The van der Waals surface area contributed by atoms with Crippen LogP contribution < -0.4 is 10.2 Å². The molecule has 0 bridgehead atoms. The average Bonchev–Trinajstić information content (AvgIpc) is 3.15. The van der Waals surface area contributed by atoms with Crippen molar-refractivity contribution >= 4 is 17.4 Å². The van der Waals surface area contributed by atoms with Crippen LogP contribution in [0.15, 0.2) is 42.6 Å². The molecule has 2 aromatic rings. The first-order chi connectivity index (χ1) is 11.7. The van der Waals surface area contributed by atoms with E-state index in [1.165, 1.54) is 0 Å². The Balaban J connectivity index is 1.83. The summed E-state index contributed by atoms with van der Waals surface area (Å²) < 4.78 is 0. The second-order valence-electron chi connectivity index (χ2n) is 6.02. The van der Waals surface area contributed by atoms with Gasteiger partial charge in [-0.3, -0.25) is 4.79 Å². The third-order valence-corrected chi connectivity index (χ3v) is 4.86. The number of nitrogens with zero attached hydrogens (tertiary/aromatic N) is 4. The number of amides is 1. The molecule has 24 heavy (non-hydrogen) atoms. The fourth-order valence-electron chi connectivity index (χ4n) is 3.74. The predicted molar refractivity (Wildman–Crippen MR) is 87.0 cm³/mol. The summed E-state index contributed by atoms with van der Waals surface area (Å²) in [6.07, 6.45) is 1.62. The van der Waals surface area contributed by atoms with Crippen LogP contribution in [0.3, 0.4) is 0 Å². The number of hydrogen-bond donors (Lipinski definition) is 1. The number of rotatable bonds is 1. The van der Waals surface area contributed by atoms with Crippen molar-refractivity contribution in [2.24, 2.45) is 5.92 Å². The van der Waals surface area contributed by atoms with Crippen molar-refractivity contribution in [3.8, 4) is 12.1 Å². The molecule has 2 atom stereocenters. The van der Waals surface area contributed by atoms with E-state index < -0.39 is 11.3 Å². The molecule has 1 amide bonds. The number of carbonyl (C=O) groups is 1. The van der Waals surface area contributed by atoms with Gasteiger partial charge in [0.05, 0.1) is 17.6 Å². The van der Waals surface area contributed by atoms with Crippen LogP contribution in [0.5, 0.6) is 0 Å². The standard InChI is InChI=1S/C18H13N5O/c19-8-12-4-3-7-21-16(12)23-10-13(9-20)18(11-23)14-5-1-2-6-15(14)22-17(18)24/h1-7,13H,10-11H2,(H,22,24)/t13-,18-/m1/s1. The number of anilines is 2. The normalized spacial score (nSPS) is 24.3. The number of fused-ring (bicyclic) bond motifs is 2. The molecule has 1 N–H and O–H groups in total. The minimum atomic E-state index is -0.921. The summed E-state index contributed by atoms with van der Waals surface area (Å²) in [7, 11) is 0. The Hall–Kier alpha value is -3.38. The van der Waals surface area contributed by atoms with E-state index in [0.717, 1.165) is 11.3 Å². The summed E-state index contributed by atoms with van der Waals surface area (Å²) >= 11 is 0. The Morgan fingerprint density at radius 2 is 2.08 bits per heavy atom. The van der Waals surface area contributed by atoms with Gasteiger partial charge in [0, 0.05) is 25.0 Å². The lowest BCUT2D eigenvalue weighted by atomic mass is 9.74. The highest BCUT2D eigenvalue weighted by atomic mass is 16.2. The molecule has 1 saturated heterocycles. The summed E-state index contributed by atoms with van der Waals surface area (Å²) in [6, 6.07) is 15.3. The van der Waals surface area contributed by atoms with Gasteiger partial charge in [-0.15, -0.1) is 0 Å². The molecule has 0 saturated carbocycles. The first-order valence-corrected chi connectivity index (χ1v) is 7.61. The number of para-hydroxylation sites is 1. The molecule has 2 aliphatic heterocycles. The van der Waals surface area contributed by atoms with Gasteiger partial charge in [0.1, 0.15) is 17.3 Å². The van der Waals surface area contributed by atoms with Crippen molar-refractivity contribution in [1.82, 2.24) is 4.98 Å². The molecule has 6 heteroatoms. The van der Waals surface area contributed by atoms with Crippen LogP contribution in [0.1, 0.15) is 11.1 Å². The molecule has 1 aromatic heterocycles. The van der Waals surface area contributed by atoms with Gasteiger partial charge in [0.25, 0.3) is 0 Å². The van der Waals surface area contributed by atoms with Crippen LogP contribution in [-0.2, 0) is 10.2 Å². The van der Waals surface area contributed by atoms with Crippen LogP contribution in [0, 0.1) is 28.6 Å². The fraction of sp³-hybridized carbons (Fsp3) is 0.222. The van der Waals surface area contributed by atoms with E-state index in [2.05, 4.69) is 22.4 Å². The lowest BCUT2D eigenvalue weighted by Gasteiger charge is -2.24. The molecule has 6 nitrogen and oxygen atoms in total. The highest BCUT2D eigenvalue weighted by molar-refractivity contribution is 6.07. The number of nitriles is 2. The zero-order valence-corrected chi connectivity index (χ0v) is 12.7. The molecule has 1 fully saturated rings. The Labute approximate surface area is 139 Å². The highest BCUT2D eigenvalue weighted by Crippen LogP contribution is 2.48. The molecule has 0 radical (unpaired) electrons. The van der Waals surface area contributed by atoms with Crippen LogP contribution in [0.25, 0.3) is 0 Å². The van der Waals surface area contributed by atoms with Crippen molar-refractivity contribution < 1.29 is 4.79 Å². The molecule has 3 heterocycles. The van der Waals surface area contributed by atoms with E-state index in [0.29, 0.717) is 24.5 Å². The molecule has 0 unspecified atom stereocenters. The van der Waals surface area contributed by atoms with E-state index in [1.807, 2.05) is 29.2 Å². The fourth-order valence-corrected chi connectivity index (χ4v) is 3.74. The van der Waals surface area contributed by atoms with Crippen molar-refractivity contribution in [1.29, 1.82) is 10.5 Å². The lowest BCUT2D eigenvalue weighted by Crippen LogP contribution is -2.42. The van der Waals surface area contributed by atoms with Gasteiger partial charge in [-0.2, -0.15) is 10.5 Å². The van der Waals surface area contributed by atoms with Gasteiger partial charge < -0.3 is 10.2 Å². The average molecular weight is 315 g/mol. The summed E-state index contributed by atoms with van der Waals surface area (Å²) in [5.74, 6) is -0.142. The van der Waals surface area contributed by atoms with E-state index >= 15 is 0 Å². The maximum absolute atomic E-state index is 12.8. The largest absolute Gasteiger partial charge is 0.353 e. The zero-order valence-electron chi connectivity index (χ0n) is 12.7. The third kappa shape index (κ3) is 1.74. The van der Waals surface area contributed by atoms with Crippen LogP contribution in [-0.4, -0.2) is 24.0 Å². The van der Waals surface area contributed by atoms with Gasteiger partial charge in [-0.25, -0.2) is 4.98 Å². The smallest absolute Gasteiger partial charge is 0.238 e. The number of benzene rings is 1. The topological polar surface area (TPSA) is 92.8 Å².